The van der Waals surface area contributed by atoms with Crippen LogP contribution in [0.1, 0.15) is 19.8 Å². The average molecular weight is 246 g/mol. The van der Waals surface area contributed by atoms with Gasteiger partial charge in [0.1, 0.15) is 6.29 Å². The Hall–Kier alpha value is -1.15. The number of benzene rings is 1. The molecule has 0 unspecified atom stereocenters. The summed E-state index contributed by atoms with van der Waals surface area (Å²) in [5, 5.41) is 1.47. The van der Waals surface area contributed by atoms with E-state index in [0.29, 0.717) is 12.0 Å². The van der Waals surface area contributed by atoms with E-state index in [1.807, 2.05) is 0 Å². The highest BCUT2D eigenvalue weighted by molar-refractivity contribution is 6.91. The van der Waals surface area contributed by atoms with Crippen LogP contribution in [0.5, 0.6) is 0 Å². The van der Waals surface area contributed by atoms with Gasteiger partial charge in [-0.15, -0.1) is 0 Å². The van der Waals surface area contributed by atoms with Crippen molar-refractivity contribution < 1.29 is 4.79 Å². The van der Waals surface area contributed by atoms with E-state index < -0.39 is 8.07 Å². The van der Waals surface area contributed by atoms with Crippen molar-refractivity contribution >= 4 is 19.5 Å². The fourth-order valence-corrected chi connectivity index (χ4v) is 5.30. The summed E-state index contributed by atoms with van der Waals surface area (Å²) in [6, 6.07) is 10.7. The lowest BCUT2D eigenvalue weighted by Crippen LogP contribution is -2.45. The Kier molecular flexibility index (Phi) is 5.36. The highest BCUT2D eigenvalue weighted by Crippen LogP contribution is 2.28. The number of aldehydes is 1. The van der Waals surface area contributed by atoms with Gasteiger partial charge >= 0.3 is 0 Å². The Morgan fingerprint density at radius 1 is 1.24 bits per heavy atom. The lowest BCUT2D eigenvalue weighted by molar-refractivity contribution is -0.107. The Balaban J connectivity index is 2.94. The van der Waals surface area contributed by atoms with Crippen LogP contribution in [0, 0.1) is 0 Å². The lowest BCUT2D eigenvalue weighted by atomic mass is 10.2. The van der Waals surface area contributed by atoms with Gasteiger partial charge in [-0.05, 0) is 18.9 Å². The van der Waals surface area contributed by atoms with Crippen molar-refractivity contribution in [2.75, 3.05) is 0 Å². The maximum absolute atomic E-state index is 10.6. The second-order valence-corrected chi connectivity index (χ2v) is 9.73. The van der Waals surface area contributed by atoms with E-state index in [1.54, 1.807) is 0 Å². The van der Waals surface area contributed by atoms with Crippen LogP contribution in [-0.4, -0.2) is 14.4 Å². The molecule has 1 rings (SSSR count). The molecule has 0 aromatic heterocycles. The minimum atomic E-state index is -1.51. The zero-order chi connectivity index (χ0) is 12.7. The molecule has 1 atom stereocenters. The first-order valence-electron chi connectivity index (χ1n) is 6.25. The van der Waals surface area contributed by atoms with Crippen LogP contribution in [0.4, 0.5) is 0 Å². The maximum Gasteiger partial charge on any atom is 0.120 e. The van der Waals surface area contributed by atoms with Gasteiger partial charge in [-0.1, -0.05) is 60.8 Å². The number of rotatable bonds is 6. The zero-order valence-electron chi connectivity index (χ0n) is 11.0. The Bertz CT molecular complexity index is 368. The summed E-state index contributed by atoms with van der Waals surface area (Å²) in [4.78, 5) is 10.6. The molecule has 0 heterocycles. The minimum absolute atomic E-state index is 0.542. The second kappa shape index (κ2) is 6.55. The van der Waals surface area contributed by atoms with Gasteiger partial charge < -0.3 is 4.79 Å². The van der Waals surface area contributed by atoms with Crippen LogP contribution < -0.4 is 5.19 Å². The van der Waals surface area contributed by atoms with Crippen LogP contribution in [0.2, 0.25) is 18.6 Å². The summed E-state index contributed by atoms with van der Waals surface area (Å²) >= 11 is 0. The molecule has 0 aliphatic rings. The largest absolute Gasteiger partial charge is 0.303 e. The van der Waals surface area contributed by atoms with Crippen molar-refractivity contribution in [3.8, 4) is 0 Å². The molecule has 0 spiro atoms. The van der Waals surface area contributed by atoms with Gasteiger partial charge in [0.15, 0.2) is 0 Å². The SMILES string of the molecule is C/C=C/[C@@H](CCC=O)[Si](C)(C)c1ccccc1. The minimum Gasteiger partial charge on any atom is -0.303 e. The fraction of sp³-hybridized carbons (Fsp3) is 0.400. The molecule has 0 saturated carbocycles. The molecule has 0 radical (unpaired) electrons. The van der Waals surface area contributed by atoms with E-state index in [-0.39, 0.29) is 0 Å². The van der Waals surface area contributed by atoms with Gasteiger partial charge in [0.05, 0.1) is 8.07 Å². The third-order valence-electron chi connectivity index (χ3n) is 3.47. The topological polar surface area (TPSA) is 17.1 Å². The predicted molar refractivity (Wildman–Crippen MR) is 77.4 cm³/mol. The van der Waals surface area contributed by atoms with E-state index in [2.05, 4.69) is 62.5 Å². The van der Waals surface area contributed by atoms with E-state index in [4.69, 9.17) is 0 Å². The van der Waals surface area contributed by atoms with Crippen LogP contribution in [0.25, 0.3) is 0 Å². The Labute approximate surface area is 106 Å². The molecular formula is C15H22OSi. The number of allylic oxidation sites excluding steroid dienone is 2. The second-order valence-electron chi connectivity index (χ2n) is 4.96. The van der Waals surface area contributed by atoms with Crippen LogP contribution in [-0.2, 0) is 4.79 Å². The third-order valence-corrected chi connectivity index (χ3v) is 7.62. The van der Waals surface area contributed by atoms with Gasteiger partial charge in [-0.25, -0.2) is 0 Å². The molecular weight excluding hydrogens is 224 g/mol. The van der Waals surface area contributed by atoms with Crippen molar-refractivity contribution in [2.45, 2.75) is 38.4 Å². The molecule has 2 heteroatoms. The lowest BCUT2D eigenvalue weighted by Gasteiger charge is -2.30. The van der Waals surface area contributed by atoms with Gasteiger partial charge in [-0.3, -0.25) is 0 Å². The summed E-state index contributed by atoms with van der Waals surface area (Å²) < 4.78 is 0. The van der Waals surface area contributed by atoms with Gasteiger partial charge in [-0.2, -0.15) is 0 Å². The van der Waals surface area contributed by atoms with E-state index in [0.717, 1.165) is 12.7 Å². The molecule has 17 heavy (non-hydrogen) atoms. The quantitative estimate of drug-likeness (QED) is 0.426. The van der Waals surface area contributed by atoms with Gasteiger partial charge in [0, 0.05) is 6.42 Å². The molecule has 0 aliphatic heterocycles. The molecule has 0 aliphatic carbocycles. The third kappa shape index (κ3) is 3.67. The summed E-state index contributed by atoms with van der Waals surface area (Å²) in [5.41, 5.74) is 0.542. The monoisotopic (exact) mass is 246 g/mol. The molecule has 0 fully saturated rings. The molecule has 1 aromatic carbocycles. The summed E-state index contributed by atoms with van der Waals surface area (Å²) in [6.07, 6.45) is 7.07. The molecule has 0 amide bonds. The summed E-state index contributed by atoms with van der Waals surface area (Å²) in [5.74, 6) is 0. The van der Waals surface area contributed by atoms with Crippen molar-refractivity contribution in [2.24, 2.45) is 0 Å². The molecule has 0 bridgehead atoms. The summed E-state index contributed by atoms with van der Waals surface area (Å²) in [7, 11) is -1.51. The normalized spacial score (nSPS) is 13.8. The molecule has 1 aromatic rings. The average Bonchev–Trinajstić information content (AvgIpc) is 2.35. The number of carbonyl (C=O) groups is 1. The van der Waals surface area contributed by atoms with Crippen molar-refractivity contribution in [1.82, 2.24) is 0 Å². The van der Waals surface area contributed by atoms with E-state index in [1.165, 1.54) is 5.19 Å². The van der Waals surface area contributed by atoms with Gasteiger partial charge in [0.25, 0.3) is 0 Å². The maximum atomic E-state index is 10.6. The highest BCUT2D eigenvalue weighted by atomic mass is 28.3. The fourth-order valence-electron chi connectivity index (χ4n) is 2.26. The molecule has 0 saturated heterocycles. The highest BCUT2D eigenvalue weighted by Gasteiger charge is 2.31. The first-order valence-corrected chi connectivity index (χ1v) is 9.32. The Morgan fingerprint density at radius 2 is 1.88 bits per heavy atom. The first kappa shape index (κ1) is 13.9. The van der Waals surface area contributed by atoms with Crippen molar-refractivity contribution in [1.29, 1.82) is 0 Å². The predicted octanol–water partition coefficient (Wildman–Crippen LogP) is 3.53. The smallest absolute Gasteiger partial charge is 0.120 e. The number of hydrogen-bond acceptors (Lipinski definition) is 1. The first-order chi connectivity index (χ1) is 8.12. The summed E-state index contributed by atoms with van der Waals surface area (Å²) in [6.45, 7) is 6.83. The standard InChI is InChI=1S/C15H22OSi/c1-4-9-14(12-8-13-16)17(2,3)15-10-6-5-7-11-15/h4-7,9-11,13-14H,8,12H2,1-3H3/b9-4+/t14-/m0/s1. The number of carbonyl (C=O) groups excluding carboxylic acids is 1. The van der Waals surface area contributed by atoms with Crippen LogP contribution in [0.15, 0.2) is 42.5 Å². The van der Waals surface area contributed by atoms with Crippen molar-refractivity contribution in [3.63, 3.8) is 0 Å². The molecule has 1 nitrogen and oxygen atoms in total. The van der Waals surface area contributed by atoms with Crippen LogP contribution >= 0.6 is 0 Å². The van der Waals surface area contributed by atoms with Crippen molar-refractivity contribution in [3.05, 3.63) is 42.5 Å². The molecule has 92 valence electrons. The molecule has 0 N–H and O–H groups in total. The Morgan fingerprint density at radius 3 is 2.41 bits per heavy atom. The van der Waals surface area contributed by atoms with E-state index >= 15 is 0 Å². The number of hydrogen-bond donors (Lipinski definition) is 0. The van der Waals surface area contributed by atoms with Crippen LogP contribution in [0.3, 0.4) is 0 Å². The zero-order valence-corrected chi connectivity index (χ0v) is 12.0. The van der Waals surface area contributed by atoms with E-state index in [9.17, 15) is 4.79 Å². The van der Waals surface area contributed by atoms with Gasteiger partial charge in [0.2, 0.25) is 0 Å².